The Morgan fingerprint density at radius 3 is 2.50 bits per heavy atom. The van der Waals surface area contributed by atoms with Crippen LogP contribution in [-0.4, -0.2) is 24.7 Å². The van der Waals surface area contributed by atoms with Crippen LogP contribution >= 0.6 is 23.2 Å². The highest BCUT2D eigenvalue weighted by Crippen LogP contribution is 2.30. The number of hydrogen-bond acceptors (Lipinski definition) is 2. The second-order valence-corrected chi connectivity index (χ2v) is 6.27. The van der Waals surface area contributed by atoms with Crippen LogP contribution in [0.4, 0.5) is 5.69 Å². The first-order valence-corrected chi connectivity index (χ1v) is 7.17. The fourth-order valence-corrected chi connectivity index (χ4v) is 2.89. The normalized spacial score (nSPS) is 28.5. The topological polar surface area (TPSA) is 15.3 Å². The van der Waals surface area contributed by atoms with E-state index in [1.165, 1.54) is 0 Å². The van der Waals surface area contributed by atoms with Crippen molar-refractivity contribution in [2.75, 3.05) is 18.0 Å². The van der Waals surface area contributed by atoms with Gasteiger partial charge in [0, 0.05) is 40.4 Å². The number of nitrogens with zero attached hydrogens (tertiary/aromatic N) is 1. The maximum absolute atomic E-state index is 6.10. The molecule has 1 N–H and O–H groups in total. The van der Waals surface area contributed by atoms with Gasteiger partial charge in [-0.05, 0) is 38.5 Å². The quantitative estimate of drug-likeness (QED) is 0.885. The molecule has 2 atom stereocenters. The smallest absolute Gasteiger partial charge is 0.0441 e. The van der Waals surface area contributed by atoms with Gasteiger partial charge in [-0.15, -0.1) is 0 Å². The zero-order valence-electron chi connectivity index (χ0n) is 11.1. The van der Waals surface area contributed by atoms with Crippen LogP contribution in [0.5, 0.6) is 0 Å². The molecule has 0 spiro atoms. The lowest BCUT2D eigenvalue weighted by atomic mass is 9.93. The fourth-order valence-electron chi connectivity index (χ4n) is 2.38. The third kappa shape index (κ3) is 2.93. The summed E-state index contributed by atoms with van der Waals surface area (Å²) in [5, 5.41) is 5.01. The van der Waals surface area contributed by atoms with Crippen molar-refractivity contribution in [3.05, 3.63) is 28.2 Å². The van der Waals surface area contributed by atoms with Gasteiger partial charge in [-0.1, -0.05) is 30.1 Å². The zero-order chi connectivity index (χ0) is 13.3. The van der Waals surface area contributed by atoms with Crippen molar-refractivity contribution in [1.29, 1.82) is 0 Å². The summed E-state index contributed by atoms with van der Waals surface area (Å²) in [6, 6.07) is 6.20. The predicted octanol–water partition coefficient (Wildman–Crippen LogP) is 3.96. The summed E-state index contributed by atoms with van der Waals surface area (Å²) in [7, 11) is 0. The summed E-state index contributed by atoms with van der Waals surface area (Å²) in [6.45, 7) is 8.65. The molecule has 0 radical (unpaired) electrons. The van der Waals surface area contributed by atoms with Crippen LogP contribution in [-0.2, 0) is 0 Å². The maximum atomic E-state index is 6.10. The predicted molar refractivity (Wildman–Crippen MR) is 80.0 cm³/mol. The lowest BCUT2D eigenvalue weighted by Gasteiger charge is -2.46. The van der Waals surface area contributed by atoms with E-state index in [0.29, 0.717) is 16.1 Å². The number of piperazine rings is 1. The van der Waals surface area contributed by atoms with E-state index in [0.717, 1.165) is 25.2 Å². The van der Waals surface area contributed by atoms with Gasteiger partial charge < -0.3 is 10.2 Å². The van der Waals surface area contributed by atoms with Crippen LogP contribution in [0.2, 0.25) is 10.0 Å². The van der Waals surface area contributed by atoms with E-state index in [2.05, 4.69) is 31.0 Å². The van der Waals surface area contributed by atoms with E-state index in [1.54, 1.807) is 6.07 Å². The van der Waals surface area contributed by atoms with Gasteiger partial charge in [0.2, 0.25) is 0 Å². The monoisotopic (exact) mass is 286 g/mol. The average Bonchev–Trinajstić information content (AvgIpc) is 2.31. The SMILES string of the molecule is CCC1(C)CN(c2cc(Cl)cc(Cl)c2)C(C)CN1. The first-order chi connectivity index (χ1) is 8.43. The van der Waals surface area contributed by atoms with Crippen molar-refractivity contribution < 1.29 is 0 Å². The first kappa shape index (κ1) is 14.0. The third-order valence-corrected chi connectivity index (χ3v) is 4.27. The number of nitrogens with one attached hydrogen (secondary N) is 1. The highest BCUT2D eigenvalue weighted by atomic mass is 35.5. The molecule has 0 aromatic heterocycles. The molecule has 0 saturated carbocycles. The van der Waals surface area contributed by atoms with Crippen LogP contribution in [0.1, 0.15) is 27.2 Å². The third-order valence-electron chi connectivity index (χ3n) is 3.83. The highest BCUT2D eigenvalue weighted by Gasteiger charge is 2.32. The zero-order valence-corrected chi connectivity index (χ0v) is 12.6. The van der Waals surface area contributed by atoms with E-state index in [1.807, 2.05) is 12.1 Å². The van der Waals surface area contributed by atoms with E-state index < -0.39 is 0 Å². The van der Waals surface area contributed by atoms with Crippen LogP contribution in [0.3, 0.4) is 0 Å². The number of hydrogen-bond donors (Lipinski definition) is 1. The Balaban J connectivity index is 2.29. The number of halogens is 2. The largest absolute Gasteiger partial charge is 0.366 e. The lowest BCUT2D eigenvalue weighted by molar-refractivity contribution is 0.285. The molecule has 0 amide bonds. The van der Waals surface area contributed by atoms with Gasteiger partial charge in [0.05, 0.1) is 0 Å². The molecule has 1 fully saturated rings. The van der Waals surface area contributed by atoms with Crippen LogP contribution < -0.4 is 10.2 Å². The molecule has 18 heavy (non-hydrogen) atoms. The molecular weight excluding hydrogens is 267 g/mol. The molecule has 1 aliphatic rings. The van der Waals surface area contributed by atoms with E-state index >= 15 is 0 Å². The Morgan fingerprint density at radius 2 is 1.94 bits per heavy atom. The molecule has 0 bridgehead atoms. The minimum Gasteiger partial charge on any atom is -0.366 e. The summed E-state index contributed by atoms with van der Waals surface area (Å²) in [6.07, 6.45) is 1.10. The molecule has 1 aromatic rings. The Bertz CT molecular complexity index is 416. The molecule has 100 valence electrons. The van der Waals surface area contributed by atoms with Gasteiger partial charge in [-0.2, -0.15) is 0 Å². The van der Waals surface area contributed by atoms with Gasteiger partial charge in [-0.25, -0.2) is 0 Å². The number of anilines is 1. The fraction of sp³-hybridized carbons (Fsp3) is 0.571. The van der Waals surface area contributed by atoms with Crippen molar-refractivity contribution in [3.8, 4) is 0 Å². The van der Waals surface area contributed by atoms with Gasteiger partial charge in [-0.3, -0.25) is 0 Å². The number of rotatable bonds is 2. The molecular formula is C14H20Cl2N2. The summed E-state index contributed by atoms with van der Waals surface area (Å²) in [4.78, 5) is 2.39. The van der Waals surface area contributed by atoms with Gasteiger partial charge in [0.15, 0.2) is 0 Å². The van der Waals surface area contributed by atoms with E-state index in [4.69, 9.17) is 23.2 Å². The number of benzene rings is 1. The highest BCUT2D eigenvalue weighted by molar-refractivity contribution is 6.35. The molecule has 1 aromatic carbocycles. The Hall–Kier alpha value is -0.440. The Kier molecular flexibility index (Phi) is 4.10. The molecule has 2 nitrogen and oxygen atoms in total. The van der Waals surface area contributed by atoms with Gasteiger partial charge >= 0.3 is 0 Å². The molecule has 0 aliphatic carbocycles. The molecule has 4 heteroatoms. The Labute approximate surface area is 119 Å². The summed E-state index contributed by atoms with van der Waals surface area (Å²) in [5.41, 5.74) is 1.27. The van der Waals surface area contributed by atoms with Crippen molar-refractivity contribution in [2.24, 2.45) is 0 Å². The minimum absolute atomic E-state index is 0.154. The van der Waals surface area contributed by atoms with Crippen LogP contribution in [0.15, 0.2) is 18.2 Å². The maximum Gasteiger partial charge on any atom is 0.0441 e. The van der Waals surface area contributed by atoms with Crippen LogP contribution in [0, 0.1) is 0 Å². The second-order valence-electron chi connectivity index (χ2n) is 5.40. The standard InChI is InChI=1S/C14H20Cl2N2/c1-4-14(3)9-18(10(2)8-17-14)13-6-11(15)5-12(16)7-13/h5-7,10,17H,4,8-9H2,1-3H3. The van der Waals surface area contributed by atoms with Crippen molar-refractivity contribution >= 4 is 28.9 Å². The molecule has 2 rings (SSSR count). The van der Waals surface area contributed by atoms with Crippen LogP contribution in [0.25, 0.3) is 0 Å². The second kappa shape index (κ2) is 5.28. The van der Waals surface area contributed by atoms with E-state index in [9.17, 15) is 0 Å². The first-order valence-electron chi connectivity index (χ1n) is 6.41. The average molecular weight is 287 g/mol. The lowest BCUT2D eigenvalue weighted by Crippen LogP contribution is -2.62. The molecule has 1 heterocycles. The Morgan fingerprint density at radius 1 is 1.33 bits per heavy atom. The van der Waals surface area contributed by atoms with Gasteiger partial charge in [0.1, 0.15) is 0 Å². The summed E-state index contributed by atoms with van der Waals surface area (Å²) >= 11 is 12.2. The van der Waals surface area contributed by atoms with E-state index in [-0.39, 0.29) is 5.54 Å². The van der Waals surface area contributed by atoms with Crippen molar-refractivity contribution in [1.82, 2.24) is 5.32 Å². The summed E-state index contributed by atoms with van der Waals surface area (Å²) in [5.74, 6) is 0. The molecule has 1 aliphatic heterocycles. The minimum atomic E-state index is 0.154. The van der Waals surface area contributed by atoms with Crippen molar-refractivity contribution in [2.45, 2.75) is 38.8 Å². The molecule has 2 unspecified atom stereocenters. The van der Waals surface area contributed by atoms with Gasteiger partial charge in [0.25, 0.3) is 0 Å². The summed E-state index contributed by atoms with van der Waals surface area (Å²) < 4.78 is 0. The van der Waals surface area contributed by atoms with Crippen molar-refractivity contribution in [3.63, 3.8) is 0 Å². The molecule has 1 saturated heterocycles.